The van der Waals surface area contributed by atoms with Crippen LogP contribution in [-0.4, -0.2) is 36.3 Å². The Hall–Kier alpha value is -3.20. The molecule has 0 unspecified atom stereocenters. The van der Waals surface area contributed by atoms with Crippen LogP contribution in [0.4, 0.5) is 0 Å². The van der Waals surface area contributed by atoms with E-state index in [1.165, 1.54) is 10.3 Å². The summed E-state index contributed by atoms with van der Waals surface area (Å²) in [5, 5.41) is 5.96. The van der Waals surface area contributed by atoms with Crippen molar-refractivity contribution in [3.63, 3.8) is 0 Å². The van der Waals surface area contributed by atoms with Crippen LogP contribution >= 0.6 is 23.6 Å². The van der Waals surface area contributed by atoms with E-state index in [1.54, 1.807) is 17.5 Å². The van der Waals surface area contributed by atoms with Crippen LogP contribution in [0.5, 0.6) is 0 Å². The van der Waals surface area contributed by atoms with Crippen molar-refractivity contribution in [2.24, 2.45) is 0 Å². The number of fused-ring (bicyclic) bond motifs is 1. The van der Waals surface area contributed by atoms with Crippen LogP contribution in [0, 0.1) is 4.77 Å². The zero-order valence-electron chi connectivity index (χ0n) is 17.6. The van der Waals surface area contributed by atoms with Crippen molar-refractivity contribution in [2.75, 3.05) is 7.05 Å². The Morgan fingerprint density at radius 2 is 1.81 bits per heavy atom. The molecule has 0 amide bonds. The van der Waals surface area contributed by atoms with Crippen molar-refractivity contribution in [3.05, 3.63) is 94.5 Å². The van der Waals surface area contributed by atoms with Crippen LogP contribution < -0.4 is 0 Å². The molecule has 0 fully saturated rings. The molecule has 0 spiro atoms. The monoisotopic (exact) mass is 458 g/mol. The molecule has 0 saturated heterocycles. The highest BCUT2D eigenvalue weighted by atomic mass is 32.1. The fraction of sp³-hybridized carbons (Fsp3) is 0.167. The number of hydrogen-bond acceptors (Lipinski definition) is 6. The van der Waals surface area contributed by atoms with Gasteiger partial charge in [-0.2, -0.15) is 5.10 Å². The summed E-state index contributed by atoms with van der Waals surface area (Å²) >= 11 is 7.58. The molecule has 3 aromatic heterocycles. The second kappa shape index (κ2) is 9.12. The lowest BCUT2D eigenvalue weighted by atomic mass is 10.2. The summed E-state index contributed by atoms with van der Waals surface area (Å²) in [6.45, 7) is 1.96. The molecule has 0 radical (unpaired) electrons. The van der Waals surface area contributed by atoms with Gasteiger partial charge in [0.1, 0.15) is 5.01 Å². The second-order valence-corrected chi connectivity index (χ2v) is 9.13. The van der Waals surface area contributed by atoms with Crippen molar-refractivity contribution in [1.29, 1.82) is 0 Å². The predicted molar refractivity (Wildman–Crippen MR) is 131 cm³/mol. The van der Waals surface area contributed by atoms with Gasteiger partial charge in [-0.25, -0.2) is 9.67 Å². The van der Waals surface area contributed by atoms with Gasteiger partial charge in [0.2, 0.25) is 0 Å². The Morgan fingerprint density at radius 1 is 1.00 bits per heavy atom. The Morgan fingerprint density at radius 3 is 2.59 bits per heavy atom. The van der Waals surface area contributed by atoms with E-state index in [9.17, 15) is 0 Å². The fourth-order valence-electron chi connectivity index (χ4n) is 3.65. The number of thiazole rings is 1. The summed E-state index contributed by atoms with van der Waals surface area (Å²) in [4.78, 5) is 11.2. The number of rotatable bonds is 7. The van der Waals surface area contributed by atoms with E-state index in [4.69, 9.17) is 22.3 Å². The average molecular weight is 459 g/mol. The molecule has 3 heterocycles. The molecule has 32 heavy (non-hydrogen) atoms. The van der Waals surface area contributed by atoms with E-state index < -0.39 is 0 Å². The number of benzene rings is 2. The largest absolute Gasteiger partial charge is 0.295 e. The summed E-state index contributed by atoms with van der Waals surface area (Å²) in [6.07, 6.45) is 3.59. The van der Waals surface area contributed by atoms with Gasteiger partial charge in [0, 0.05) is 18.0 Å². The van der Waals surface area contributed by atoms with E-state index in [-0.39, 0.29) is 0 Å². The highest BCUT2D eigenvalue weighted by Gasteiger charge is 2.15. The maximum Gasteiger partial charge on any atom is 0.199 e. The number of pyridine rings is 1. The molecule has 2 aromatic carbocycles. The lowest BCUT2D eigenvalue weighted by Gasteiger charge is -2.14. The lowest BCUT2D eigenvalue weighted by Crippen LogP contribution is -2.22. The van der Waals surface area contributed by atoms with Crippen molar-refractivity contribution in [3.8, 4) is 11.4 Å². The van der Waals surface area contributed by atoms with Crippen molar-refractivity contribution in [1.82, 2.24) is 29.2 Å². The maximum absolute atomic E-state index is 5.85. The quantitative estimate of drug-likeness (QED) is 0.313. The number of nitrogens with zero attached hydrogens (tertiary/aromatic N) is 6. The zero-order valence-corrected chi connectivity index (χ0v) is 19.3. The van der Waals surface area contributed by atoms with Gasteiger partial charge in [-0.15, -0.1) is 11.3 Å². The average Bonchev–Trinajstić information content (AvgIpc) is 3.36. The van der Waals surface area contributed by atoms with E-state index in [2.05, 4.69) is 45.8 Å². The minimum atomic E-state index is 0.573. The second-order valence-electron chi connectivity index (χ2n) is 7.65. The van der Waals surface area contributed by atoms with Crippen LogP contribution in [-0.2, 0) is 19.8 Å². The van der Waals surface area contributed by atoms with Crippen molar-refractivity contribution in [2.45, 2.75) is 19.8 Å². The molecule has 0 aliphatic heterocycles. The first kappa shape index (κ1) is 20.7. The Bertz CT molecular complexity index is 1360. The Kier molecular flexibility index (Phi) is 5.89. The molecule has 5 aromatic rings. The minimum absolute atomic E-state index is 0.573. The molecule has 0 aliphatic rings. The van der Waals surface area contributed by atoms with Gasteiger partial charge in [-0.1, -0.05) is 42.5 Å². The molecule has 0 aliphatic carbocycles. The number of aromatic nitrogens is 5. The summed E-state index contributed by atoms with van der Waals surface area (Å²) in [5.74, 6) is 0.820. The van der Waals surface area contributed by atoms with Crippen LogP contribution in [0.25, 0.3) is 21.6 Å². The normalized spacial score (nSPS) is 11.4. The van der Waals surface area contributed by atoms with Crippen molar-refractivity contribution < 1.29 is 0 Å². The molecule has 0 saturated carbocycles. The Balaban J connectivity index is 1.43. The summed E-state index contributed by atoms with van der Waals surface area (Å²) in [6, 6.07) is 22.5. The zero-order chi connectivity index (χ0) is 21.9. The third kappa shape index (κ3) is 4.38. The van der Waals surface area contributed by atoms with E-state index >= 15 is 0 Å². The van der Waals surface area contributed by atoms with E-state index in [0.29, 0.717) is 18.0 Å². The van der Waals surface area contributed by atoms with Crippen LogP contribution in [0.1, 0.15) is 10.6 Å². The van der Waals surface area contributed by atoms with Crippen LogP contribution in [0.15, 0.2) is 79.1 Å². The smallest absolute Gasteiger partial charge is 0.199 e. The first-order chi connectivity index (χ1) is 15.7. The van der Waals surface area contributed by atoms with Gasteiger partial charge in [0.25, 0.3) is 0 Å². The maximum atomic E-state index is 5.85. The van der Waals surface area contributed by atoms with E-state index in [0.717, 1.165) is 28.5 Å². The SMILES string of the molecule is CN(Cc1nc2ccccc2s1)Cn1nc(-c2cccnc2)n(Cc2ccccc2)c1=S. The molecular weight excluding hydrogens is 436 g/mol. The van der Waals surface area contributed by atoms with Gasteiger partial charge in [0.05, 0.1) is 30.0 Å². The molecule has 0 N–H and O–H groups in total. The molecule has 5 rings (SSSR count). The fourth-order valence-corrected chi connectivity index (χ4v) is 4.94. The number of hydrogen-bond donors (Lipinski definition) is 0. The highest BCUT2D eigenvalue weighted by molar-refractivity contribution is 7.71. The first-order valence-corrected chi connectivity index (χ1v) is 11.5. The van der Waals surface area contributed by atoms with E-state index in [1.807, 2.05) is 53.3 Å². The summed E-state index contributed by atoms with van der Waals surface area (Å²) in [5.41, 5.74) is 3.17. The third-order valence-electron chi connectivity index (χ3n) is 5.14. The first-order valence-electron chi connectivity index (χ1n) is 10.3. The molecular formula is C24H22N6S2. The Labute approximate surface area is 195 Å². The lowest BCUT2D eigenvalue weighted by molar-refractivity contribution is 0.244. The molecule has 6 nitrogen and oxygen atoms in total. The predicted octanol–water partition coefficient (Wildman–Crippen LogP) is 5.22. The van der Waals surface area contributed by atoms with Crippen molar-refractivity contribution >= 4 is 33.8 Å². The summed E-state index contributed by atoms with van der Waals surface area (Å²) in [7, 11) is 2.06. The topological polar surface area (TPSA) is 51.8 Å². The highest BCUT2D eigenvalue weighted by Crippen LogP contribution is 2.23. The van der Waals surface area contributed by atoms with Gasteiger partial charge < -0.3 is 0 Å². The van der Waals surface area contributed by atoms with Gasteiger partial charge in [0.15, 0.2) is 10.6 Å². The third-order valence-corrected chi connectivity index (χ3v) is 6.60. The van der Waals surface area contributed by atoms with Gasteiger partial charge in [-0.3, -0.25) is 14.5 Å². The standard InChI is InChI=1S/C24H22N6S2/c1-28(16-22-26-20-11-5-6-12-21(20)32-22)17-30-24(31)29(15-18-8-3-2-4-9-18)23(27-30)19-10-7-13-25-14-19/h2-14H,15-17H2,1H3. The molecule has 0 atom stereocenters. The minimum Gasteiger partial charge on any atom is -0.295 e. The molecule has 0 bridgehead atoms. The number of para-hydroxylation sites is 1. The molecule has 160 valence electrons. The van der Waals surface area contributed by atoms with Crippen LogP contribution in [0.3, 0.4) is 0 Å². The van der Waals surface area contributed by atoms with Gasteiger partial charge in [-0.05, 0) is 49.1 Å². The summed E-state index contributed by atoms with van der Waals surface area (Å²) < 4.78 is 5.85. The molecule has 8 heteroatoms. The van der Waals surface area contributed by atoms with Crippen LogP contribution in [0.2, 0.25) is 0 Å². The van der Waals surface area contributed by atoms with Gasteiger partial charge >= 0.3 is 0 Å².